The molecule has 0 saturated heterocycles. The lowest BCUT2D eigenvalue weighted by Gasteiger charge is -2.11. The molecule has 1 aromatic heterocycles. The molecule has 3 aromatic rings. The van der Waals surface area contributed by atoms with Gasteiger partial charge in [-0.3, -0.25) is 4.79 Å². The van der Waals surface area contributed by atoms with E-state index in [2.05, 4.69) is 16.5 Å². The second-order valence-corrected chi connectivity index (χ2v) is 8.18. The number of carbonyl (C=O) groups excluding carboxylic acids is 1. The van der Waals surface area contributed by atoms with Crippen LogP contribution in [0.15, 0.2) is 42.5 Å². The Morgan fingerprint density at radius 3 is 2.52 bits per heavy atom. The van der Waals surface area contributed by atoms with Gasteiger partial charge >= 0.3 is 0 Å². The molecular formula is C24H26ClN5O. The van der Waals surface area contributed by atoms with Gasteiger partial charge in [0.15, 0.2) is 0 Å². The monoisotopic (exact) mass is 435 g/mol. The quantitative estimate of drug-likeness (QED) is 0.610. The number of rotatable bonds is 7. The molecule has 160 valence electrons. The van der Waals surface area contributed by atoms with Crippen molar-refractivity contribution in [3.63, 3.8) is 0 Å². The number of aromatic nitrogens is 2. The van der Waals surface area contributed by atoms with Crippen molar-refractivity contribution in [2.75, 3.05) is 27.2 Å². The van der Waals surface area contributed by atoms with Crippen LogP contribution in [0.2, 0.25) is 5.02 Å². The molecule has 1 N–H and O–H groups in total. The van der Waals surface area contributed by atoms with Gasteiger partial charge in [-0.2, -0.15) is 10.4 Å². The van der Waals surface area contributed by atoms with E-state index in [0.29, 0.717) is 29.1 Å². The van der Waals surface area contributed by atoms with Crippen LogP contribution in [0, 0.1) is 25.2 Å². The average Bonchev–Trinajstić information content (AvgIpc) is 3.02. The summed E-state index contributed by atoms with van der Waals surface area (Å²) in [5.41, 5.74) is 6.10. The topological polar surface area (TPSA) is 73.9 Å². The van der Waals surface area contributed by atoms with Gasteiger partial charge in [0.1, 0.15) is 6.07 Å². The summed E-state index contributed by atoms with van der Waals surface area (Å²) < 4.78 is 1.85. The maximum atomic E-state index is 12.3. The third-order valence-corrected chi connectivity index (χ3v) is 5.51. The molecule has 0 spiro atoms. The van der Waals surface area contributed by atoms with Crippen molar-refractivity contribution in [2.24, 2.45) is 0 Å². The molecule has 0 unspecified atom stereocenters. The maximum absolute atomic E-state index is 12.3. The van der Waals surface area contributed by atoms with E-state index in [1.165, 1.54) is 0 Å². The van der Waals surface area contributed by atoms with Gasteiger partial charge in [-0.05, 0) is 63.8 Å². The number of likely N-dealkylation sites (N-methyl/N-ethyl adjacent to an activating group) is 1. The first-order valence-corrected chi connectivity index (χ1v) is 10.4. The van der Waals surface area contributed by atoms with Crippen molar-refractivity contribution in [1.29, 1.82) is 5.26 Å². The van der Waals surface area contributed by atoms with Crippen molar-refractivity contribution in [1.82, 2.24) is 20.0 Å². The lowest BCUT2D eigenvalue weighted by Crippen LogP contribution is -2.31. The van der Waals surface area contributed by atoms with Crippen molar-refractivity contribution < 1.29 is 4.79 Å². The van der Waals surface area contributed by atoms with Crippen LogP contribution in [0.4, 0.5) is 0 Å². The number of halogens is 1. The predicted octanol–water partition coefficient (Wildman–Crippen LogP) is 3.90. The van der Waals surface area contributed by atoms with Crippen LogP contribution in [-0.4, -0.2) is 47.8 Å². The lowest BCUT2D eigenvalue weighted by molar-refractivity contribution is 0.0951. The number of nitrogens with zero attached hydrogens (tertiary/aromatic N) is 4. The summed E-state index contributed by atoms with van der Waals surface area (Å²) in [6.07, 6.45) is 0.713. The van der Waals surface area contributed by atoms with E-state index < -0.39 is 0 Å². The summed E-state index contributed by atoms with van der Waals surface area (Å²) in [6, 6.07) is 15.1. The van der Waals surface area contributed by atoms with Crippen LogP contribution in [-0.2, 0) is 6.42 Å². The van der Waals surface area contributed by atoms with Crippen LogP contribution < -0.4 is 5.32 Å². The van der Waals surface area contributed by atoms with Gasteiger partial charge in [0.05, 0.1) is 22.0 Å². The molecule has 6 nitrogen and oxygen atoms in total. The SMILES string of the molecule is Cc1nn(-c2ccc(C#N)c(Cl)c2)c(C)c1Cc1ccc(C(=O)NCCN(C)C)cc1. The second kappa shape index (κ2) is 9.78. The molecule has 1 amide bonds. The van der Waals surface area contributed by atoms with Crippen LogP contribution in [0.25, 0.3) is 5.69 Å². The fraction of sp³-hybridized carbons (Fsp3) is 0.292. The summed E-state index contributed by atoms with van der Waals surface area (Å²) >= 11 is 6.20. The zero-order chi connectivity index (χ0) is 22.5. The third kappa shape index (κ3) is 5.32. The zero-order valence-electron chi connectivity index (χ0n) is 18.2. The van der Waals surface area contributed by atoms with E-state index in [1.807, 2.05) is 67.9 Å². The highest BCUT2D eigenvalue weighted by molar-refractivity contribution is 6.31. The zero-order valence-corrected chi connectivity index (χ0v) is 19.0. The third-order valence-electron chi connectivity index (χ3n) is 5.20. The highest BCUT2D eigenvalue weighted by Gasteiger charge is 2.15. The van der Waals surface area contributed by atoms with E-state index >= 15 is 0 Å². The number of carbonyl (C=O) groups is 1. The second-order valence-electron chi connectivity index (χ2n) is 7.77. The molecular weight excluding hydrogens is 410 g/mol. The summed E-state index contributed by atoms with van der Waals surface area (Å²) in [5.74, 6) is -0.0636. The summed E-state index contributed by atoms with van der Waals surface area (Å²) in [5, 5.41) is 17.1. The van der Waals surface area contributed by atoms with Crippen LogP contribution in [0.1, 0.15) is 38.4 Å². The van der Waals surface area contributed by atoms with Gasteiger partial charge < -0.3 is 10.2 Å². The fourth-order valence-electron chi connectivity index (χ4n) is 3.38. The minimum absolute atomic E-state index is 0.0636. The molecule has 0 radical (unpaired) electrons. The first-order valence-electron chi connectivity index (χ1n) is 10.1. The predicted molar refractivity (Wildman–Crippen MR) is 123 cm³/mol. The number of nitrogens with one attached hydrogen (secondary N) is 1. The Morgan fingerprint density at radius 1 is 1.19 bits per heavy atom. The molecule has 2 aromatic carbocycles. The van der Waals surface area contributed by atoms with E-state index in [4.69, 9.17) is 16.9 Å². The molecule has 0 aliphatic carbocycles. The molecule has 0 fully saturated rings. The minimum Gasteiger partial charge on any atom is -0.351 e. The van der Waals surface area contributed by atoms with Crippen molar-refractivity contribution >= 4 is 17.5 Å². The van der Waals surface area contributed by atoms with Crippen LogP contribution >= 0.6 is 11.6 Å². The molecule has 0 saturated carbocycles. The van der Waals surface area contributed by atoms with Crippen LogP contribution in [0.5, 0.6) is 0 Å². The Balaban J connectivity index is 1.75. The number of amides is 1. The number of hydrogen-bond donors (Lipinski definition) is 1. The van der Waals surface area contributed by atoms with Gasteiger partial charge in [0.25, 0.3) is 5.91 Å². The molecule has 0 aliphatic heterocycles. The molecule has 31 heavy (non-hydrogen) atoms. The Kier molecular flexibility index (Phi) is 7.11. The summed E-state index contributed by atoms with van der Waals surface area (Å²) in [6.45, 7) is 5.42. The molecule has 3 rings (SSSR count). The summed E-state index contributed by atoms with van der Waals surface area (Å²) in [4.78, 5) is 14.3. The van der Waals surface area contributed by atoms with Gasteiger partial charge in [-0.15, -0.1) is 0 Å². The van der Waals surface area contributed by atoms with E-state index in [1.54, 1.807) is 12.1 Å². The molecule has 0 bridgehead atoms. The normalized spacial score (nSPS) is 10.9. The first kappa shape index (κ1) is 22.5. The Hall–Kier alpha value is -3.14. The summed E-state index contributed by atoms with van der Waals surface area (Å²) in [7, 11) is 3.95. The molecule has 0 atom stereocenters. The van der Waals surface area contributed by atoms with Gasteiger partial charge in [-0.1, -0.05) is 23.7 Å². The fourth-order valence-corrected chi connectivity index (χ4v) is 3.60. The van der Waals surface area contributed by atoms with E-state index in [-0.39, 0.29) is 5.91 Å². The lowest BCUT2D eigenvalue weighted by atomic mass is 10.0. The number of benzene rings is 2. The Labute approximate surface area is 188 Å². The van der Waals surface area contributed by atoms with Gasteiger partial charge in [0.2, 0.25) is 0 Å². The van der Waals surface area contributed by atoms with Crippen molar-refractivity contribution in [3.8, 4) is 11.8 Å². The highest BCUT2D eigenvalue weighted by Crippen LogP contribution is 2.24. The number of aryl methyl sites for hydroxylation is 1. The number of hydrogen-bond acceptors (Lipinski definition) is 4. The molecule has 7 heteroatoms. The smallest absolute Gasteiger partial charge is 0.251 e. The highest BCUT2D eigenvalue weighted by atomic mass is 35.5. The Bertz CT molecular complexity index is 1130. The largest absolute Gasteiger partial charge is 0.351 e. The first-order chi connectivity index (χ1) is 14.8. The van der Waals surface area contributed by atoms with Crippen molar-refractivity contribution in [2.45, 2.75) is 20.3 Å². The van der Waals surface area contributed by atoms with Crippen molar-refractivity contribution in [3.05, 3.63) is 81.1 Å². The minimum atomic E-state index is -0.0636. The van der Waals surface area contributed by atoms with Crippen LogP contribution in [0.3, 0.4) is 0 Å². The average molecular weight is 436 g/mol. The van der Waals surface area contributed by atoms with Gasteiger partial charge in [-0.25, -0.2) is 4.68 Å². The van der Waals surface area contributed by atoms with E-state index in [0.717, 1.165) is 34.7 Å². The molecule has 1 heterocycles. The standard InChI is InChI=1S/C24H26ClN5O/c1-16-22(17(2)30(28-16)21-10-9-20(15-26)23(25)14-21)13-18-5-7-19(8-6-18)24(31)27-11-12-29(3)4/h5-10,14H,11-13H2,1-4H3,(H,27,31). The Morgan fingerprint density at radius 2 is 1.90 bits per heavy atom. The maximum Gasteiger partial charge on any atom is 0.251 e. The van der Waals surface area contributed by atoms with E-state index in [9.17, 15) is 4.79 Å². The molecule has 0 aliphatic rings. The number of nitriles is 1. The van der Waals surface area contributed by atoms with Gasteiger partial charge in [0, 0.05) is 36.3 Å².